The molecule has 1 aromatic carbocycles. The highest BCUT2D eigenvalue weighted by molar-refractivity contribution is 6.33. The molecule has 1 N–H and O–H groups in total. The molecule has 2 rings (SSSR count). The van der Waals surface area contributed by atoms with Gasteiger partial charge in [0.1, 0.15) is 0 Å². The third-order valence-electron chi connectivity index (χ3n) is 3.68. The van der Waals surface area contributed by atoms with Crippen LogP contribution < -0.4 is 4.90 Å². The van der Waals surface area contributed by atoms with Crippen LogP contribution in [0, 0.1) is 0 Å². The van der Waals surface area contributed by atoms with E-state index < -0.39 is 0 Å². The standard InChI is InChI=1S/C14H21ClN2O/c1-16(2)12-6-4-8-17(9-12)14-11(10-18)5-3-7-13(14)15/h3,5,7,12,18H,4,6,8-10H2,1-2H3. The number of halogens is 1. The van der Waals surface area contributed by atoms with Gasteiger partial charge in [-0.25, -0.2) is 0 Å². The van der Waals surface area contributed by atoms with Gasteiger partial charge in [0, 0.05) is 24.7 Å². The van der Waals surface area contributed by atoms with E-state index in [1.807, 2.05) is 18.2 Å². The van der Waals surface area contributed by atoms with E-state index in [2.05, 4.69) is 23.9 Å². The van der Waals surface area contributed by atoms with Crippen molar-refractivity contribution in [2.75, 3.05) is 32.1 Å². The van der Waals surface area contributed by atoms with Crippen molar-refractivity contribution in [1.29, 1.82) is 0 Å². The zero-order valence-corrected chi connectivity index (χ0v) is 11.8. The number of benzene rings is 1. The summed E-state index contributed by atoms with van der Waals surface area (Å²) >= 11 is 6.30. The normalized spacial score (nSPS) is 20.5. The summed E-state index contributed by atoms with van der Waals surface area (Å²) in [6.07, 6.45) is 2.39. The minimum absolute atomic E-state index is 0.0407. The fourth-order valence-electron chi connectivity index (χ4n) is 2.62. The van der Waals surface area contributed by atoms with Crippen molar-refractivity contribution >= 4 is 17.3 Å². The smallest absolute Gasteiger partial charge is 0.0702 e. The highest BCUT2D eigenvalue weighted by Crippen LogP contribution is 2.32. The molecular weight excluding hydrogens is 248 g/mol. The van der Waals surface area contributed by atoms with Crippen LogP contribution in [-0.2, 0) is 6.61 Å². The van der Waals surface area contributed by atoms with Crippen molar-refractivity contribution in [3.8, 4) is 0 Å². The molecule has 0 saturated carbocycles. The average molecular weight is 269 g/mol. The first-order valence-electron chi connectivity index (χ1n) is 6.43. The number of hydrogen-bond acceptors (Lipinski definition) is 3. The molecule has 1 atom stereocenters. The van der Waals surface area contributed by atoms with Gasteiger partial charge in [-0.15, -0.1) is 0 Å². The molecule has 18 heavy (non-hydrogen) atoms. The van der Waals surface area contributed by atoms with Crippen molar-refractivity contribution in [2.24, 2.45) is 0 Å². The van der Waals surface area contributed by atoms with E-state index in [1.165, 1.54) is 12.8 Å². The Morgan fingerprint density at radius 1 is 1.44 bits per heavy atom. The summed E-state index contributed by atoms with van der Waals surface area (Å²) < 4.78 is 0. The summed E-state index contributed by atoms with van der Waals surface area (Å²) in [5.41, 5.74) is 1.93. The Bertz CT molecular complexity index is 409. The summed E-state index contributed by atoms with van der Waals surface area (Å²) in [6, 6.07) is 6.29. The number of anilines is 1. The molecular formula is C14H21ClN2O. The molecule has 0 aromatic heterocycles. The molecule has 0 spiro atoms. The number of likely N-dealkylation sites (N-methyl/N-ethyl adjacent to an activating group) is 1. The van der Waals surface area contributed by atoms with Gasteiger partial charge >= 0.3 is 0 Å². The van der Waals surface area contributed by atoms with Crippen molar-refractivity contribution in [1.82, 2.24) is 4.90 Å². The minimum atomic E-state index is 0.0407. The van der Waals surface area contributed by atoms with E-state index in [0.717, 1.165) is 29.4 Å². The molecule has 1 aliphatic rings. The largest absolute Gasteiger partial charge is 0.392 e. The molecule has 4 heteroatoms. The molecule has 1 unspecified atom stereocenters. The zero-order chi connectivity index (χ0) is 13.1. The lowest BCUT2D eigenvalue weighted by molar-refractivity contribution is 0.256. The van der Waals surface area contributed by atoms with Crippen LogP contribution in [0.15, 0.2) is 18.2 Å². The molecule has 1 aromatic rings. The topological polar surface area (TPSA) is 26.7 Å². The van der Waals surface area contributed by atoms with Crippen LogP contribution in [0.1, 0.15) is 18.4 Å². The second kappa shape index (κ2) is 5.91. The highest BCUT2D eigenvalue weighted by Gasteiger charge is 2.24. The Morgan fingerprint density at radius 3 is 2.89 bits per heavy atom. The summed E-state index contributed by atoms with van der Waals surface area (Å²) in [7, 11) is 4.24. The summed E-state index contributed by atoms with van der Waals surface area (Å²) in [4.78, 5) is 4.57. The molecule has 1 aliphatic heterocycles. The molecule has 0 aliphatic carbocycles. The lowest BCUT2D eigenvalue weighted by Gasteiger charge is -2.38. The first kappa shape index (κ1) is 13.7. The van der Waals surface area contributed by atoms with Gasteiger partial charge in [-0.05, 0) is 33.0 Å². The van der Waals surface area contributed by atoms with Gasteiger partial charge in [-0.3, -0.25) is 0 Å². The maximum Gasteiger partial charge on any atom is 0.0702 e. The maximum atomic E-state index is 9.45. The van der Waals surface area contributed by atoms with E-state index in [-0.39, 0.29) is 6.61 Å². The van der Waals surface area contributed by atoms with E-state index in [4.69, 9.17) is 11.6 Å². The van der Waals surface area contributed by atoms with E-state index >= 15 is 0 Å². The van der Waals surface area contributed by atoms with Gasteiger partial charge in [-0.1, -0.05) is 23.7 Å². The predicted octanol–water partition coefficient (Wildman–Crippen LogP) is 2.36. The average Bonchev–Trinajstić information content (AvgIpc) is 2.38. The molecule has 1 heterocycles. The number of rotatable bonds is 3. The molecule has 1 fully saturated rings. The SMILES string of the molecule is CN(C)C1CCCN(c2c(Cl)cccc2CO)C1. The Hall–Kier alpha value is -0.770. The van der Waals surface area contributed by atoms with Crippen molar-refractivity contribution in [2.45, 2.75) is 25.5 Å². The van der Waals surface area contributed by atoms with Crippen LogP contribution in [0.5, 0.6) is 0 Å². The van der Waals surface area contributed by atoms with E-state index in [1.54, 1.807) is 0 Å². The van der Waals surface area contributed by atoms with Gasteiger partial charge in [0.15, 0.2) is 0 Å². The van der Waals surface area contributed by atoms with Crippen LogP contribution in [0.3, 0.4) is 0 Å². The van der Waals surface area contributed by atoms with Crippen LogP contribution >= 0.6 is 11.6 Å². The lowest BCUT2D eigenvalue weighted by Crippen LogP contribution is -2.45. The van der Waals surface area contributed by atoms with Crippen LogP contribution in [0.4, 0.5) is 5.69 Å². The molecule has 0 bridgehead atoms. The number of aliphatic hydroxyl groups excluding tert-OH is 1. The van der Waals surface area contributed by atoms with Gasteiger partial charge in [0.05, 0.1) is 17.3 Å². The number of para-hydroxylation sites is 1. The van der Waals surface area contributed by atoms with Gasteiger partial charge in [0.25, 0.3) is 0 Å². The first-order chi connectivity index (χ1) is 8.63. The predicted molar refractivity (Wildman–Crippen MR) is 76.3 cm³/mol. The molecule has 1 saturated heterocycles. The number of nitrogens with zero attached hydrogens (tertiary/aromatic N) is 2. The van der Waals surface area contributed by atoms with E-state index in [9.17, 15) is 5.11 Å². The monoisotopic (exact) mass is 268 g/mol. The number of aliphatic hydroxyl groups is 1. The molecule has 0 radical (unpaired) electrons. The fourth-order valence-corrected chi connectivity index (χ4v) is 2.93. The maximum absolute atomic E-state index is 9.45. The Balaban J connectivity index is 2.25. The summed E-state index contributed by atoms with van der Waals surface area (Å²) in [5, 5.41) is 10.2. The van der Waals surface area contributed by atoms with Crippen LogP contribution in [0.25, 0.3) is 0 Å². The summed E-state index contributed by atoms with van der Waals surface area (Å²) in [6.45, 7) is 2.03. The minimum Gasteiger partial charge on any atom is -0.392 e. The van der Waals surface area contributed by atoms with Crippen molar-refractivity contribution < 1.29 is 5.11 Å². The molecule has 3 nitrogen and oxygen atoms in total. The van der Waals surface area contributed by atoms with Crippen LogP contribution in [0.2, 0.25) is 5.02 Å². The first-order valence-corrected chi connectivity index (χ1v) is 6.81. The van der Waals surface area contributed by atoms with Crippen LogP contribution in [-0.4, -0.2) is 43.2 Å². The lowest BCUT2D eigenvalue weighted by atomic mass is 10.0. The quantitative estimate of drug-likeness (QED) is 0.912. The zero-order valence-electron chi connectivity index (χ0n) is 11.1. The molecule has 0 amide bonds. The van der Waals surface area contributed by atoms with Crippen molar-refractivity contribution in [3.63, 3.8) is 0 Å². The second-order valence-electron chi connectivity index (χ2n) is 5.11. The van der Waals surface area contributed by atoms with Gasteiger partial charge in [0.2, 0.25) is 0 Å². The third kappa shape index (κ3) is 2.79. The highest BCUT2D eigenvalue weighted by atomic mass is 35.5. The molecule has 100 valence electrons. The van der Waals surface area contributed by atoms with Crippen molar-refractivity contribution in [3.05, 3.63) is 28.8 Å². The third-order valence-corrected chi connectivity index (χ3v) is 3.99. The van der Waals surface area contributed by atoms with Gasteiger partial charge < -0.3 is 14.9 Å². The Labute approximate surface area is 114 Å². The Kier molecular flexibility index (Phi) is 4.49. The van der Waals surface area contributed by atoms with E-state index in [0.29, 0.717) is 6.04 Å². The Morgan fingerprint density at radius 2 is 2.22 bits per heavy atom. The fraction of sp³-hybridized carbons (Fsp3) is 0.571. The van der Waals surface area contributed by atoms with Gasteiger partial charge in [-0.2, -0.15) is 0 Å². The number of piperidine rings is 1. The second-order valence-corrected chi connectivity index (χ2v) is 5.52. The summed E-state index contributed by atoms with van der Waals surface area (Å²) in [5.74, 6) is 0. The number of hydrogen-bond donors (Lipinski definition) is 1.